The van der Waals surface area contributed by atoms with Crippen LogP contribution in [0.4, 0.5) is 0 Å². The van der Waals surface area contributed by atoms with Crippen molar-refractivity contribution in [3.05, 3.63) is 57.7 Å². The highest BCUT2D eigenvalue weighted by Gasteiger charge is 2.23. The molecule has 1 aliphatic carbocycles. The van der Waals surface area contributed by atoms with Crippen LogP contribution in [0.25, 0.3) is 32.7 Å². The monoisotopic (exact) mass is 426 g/mol. The van der Waals surface area contributed by atoms with Gasteiger partial charge in [-0.15, -0.1) is 0 Å². The van der Waals surface area contributed by atoms with Crippen LogP contribution in [-0.2, 0) is 0 Å². The van der Waals surface area contributed by atoms with Crippen LogP contribution in [0.1, 0.15) is 43.6 Å². The minimum Gasteiger partial charge on any atom is -0.455 e. The molecule has 0 radical (unpaired) electrons. The van der Waals surface area contributed by atoms with Crippen LogP contribution >= 0.6 is 22.6 Å². The second-order valence-electron chi connectivity index (χ2n) is 6.94. The number of hydrogen-bond donors (Lipinski definition) is 0. The predicted molar refractivity (Wildman–Crippen MR) is 110 cm³/mol. The van der Waals surface area contributed by atoms with Gasteiger partial charge in [0.05, 0.1) is 3.57 Å². The van der Waals surface area contributed by atoms with Gasteiger partial charge in [0, 0.05) is 10.8 Å². The van der Waals surface area contributed by atoms with E-state index in [1.807, 2.05) is 0 Å². The standard InChI is InChI=1S/C22H19IO/c23-19-12-6-11-17-20-16-10-5-4-9-15(16)13-18(22(20)24-21(17)19)14-7-2-1-3-8-14/h4-6,9-14H,1-3,7-8H2. The summed E-state index contributed by atoms with van der Waals surface area (Å²) in [5.41, 5.74) is 3.59. The average molecular weight is 426 g/mol. The molecule has 0 amide bonds. The number of fused-ring (bicyclic) bond motifs is 5. The Morgan fingerprint density at radius 3 is 2.50 bits per heavy atom. The molecule has 3 aromatic carbocycles. The Bertz CT molecular complexity index is 1050. The zero-order valence-electron chi connectivity index (χ0n) is 13.5. The zero-order chi connectivity index (χ0) is 16.1. The van der Waals surface area contributed by atoms with Crippen LogP contribution in [0.2, 0.25) is 0 Å². The van der Waals surface area contributed by atoms with Crippen molar-refractivity contribution in [2.24, 2.45) is 0 Å². The first kappa shape index (κ1) is 14.8. The molecule has 1 aliphatic rings. The molecule has 120 valence electrons. The second-order valence-corrected chi connectivity index (χ2v) is 8.11. The highest BCUT2D eigenvalue weighted by Crippen LogP contribution is 2.43. The Hall–Kier alpha value is -1.55. The fraction of sp³-hybridized carbons (Fsp3) is 0.273. The number of furan rings is 1. The summed E-state index contributed by atoms with van der Waals surface area (Å²) in [6.45, 7) is 0. The molecule has 0 aliphatic heterocycles. The van der Waals surface area contributed by atoms with Crippen molar-refractivity contribution in [3.63, 3.8) is 0 Å². The Morgan fingerprint density at radius 1 is 0.833 bits per heavy atom. The summed E-state index contributed by atoms with van der Waals surface area (Å²) in [5.74, 6) is 0.643. The molecule has 4 aromatic rings. The third-order valence-corrected chi connectivity index (χ3v) is 6.37. The fourth-order valence-electron chi connectivity index (χ4n) is 4.36. The first-order valence-corrected chi connectivity index (χ1v) is 9.93. The van der Waals surface area contributed by atoms with E-state index in [2.05, 4.69) is 71.1 Å². The van der Waals surface area contributed by atoms with E-state index in [0.717, 1.165) is 11.2 Å². The van der Waals surface area contributed by atoms with Gasteiger partial charge in [0.2, 0.25) is 0 Å². The summed E-state index contributed by atoms with van der Waals surface area (Å²) >= 11 is 2.39. The predicted octanol–water partition coefficient (Wildman–Crippen LogP) is 7.39. The van der Waals surface area contributed by atoms with Gasteiger partial charge in [-0.1, -0.05) is 55.7 Å². The molecular weight excluding hydrogens is 407 g/mol. The van der Waals surface area contributed by atoms with Crippen LogP contribution in [0.5, 0.6) is 0 Å². The lowest BCUT2D eigenvalue weighted by Gasteiger charge is -2.22. The Morgan fingerprint density at radius 2 is 1.62 bits per heavy atom. The Labute approximate surface area is 155 Å². The van der Waals surface area contributed by atoms with Crippen LogP contribution in [0, 0.1) is 3.57 Å². The number of benzene rings is 3. The molecule has 0 saturated heterocycles. The summed E-state index contributed by atoms with van der Waals surface area (Å²) in [6, 6.07) is 17.6. The van der Waals surface area contributed by atoms with E-state index in [1.54, 1.807) is 0 Å². The van der Waals surface area contributed by atoms with Crippen molar-refractivity contribution >= 4 is 55.3 Å². The van der Waals surface area contributed by atoms with Crippen molar-refractivity contribution in [3.8, 4) is 0 Å². The van der Waals surface area contributed by atoms with Gasteiger partial charge in [0.15, 0.2) is 0 Å². The molecule has 1 aromatic heterocycles. The molecule has 1 saturated carbocycles. The molecule has 5 rings (SSSR count). The molecule has 24 heavy (non-hydrogen) atoms. The molecule has 0 spiro atoms. The topological polar surface area (TPSA) is 13.1 Å². The van der Waals surface area contributed by atoms with Gasteiger partial charge in [0.1, 0.15) is 11.2 Å². The molecule has 0 bridgehead atoms. The van der Waals surface area contributed by atoms with Gasteiger partial charge in [-0.3, -0.25) is 0 Å². The van der Waals surface area contributed by atoms with Gasteiger partial charge < -0.3 is 4.42 Å². The highest BCUT2D eigenvalue weighted by molar-refractivity contribution is 14.1. The van der Waals surface area contributed by atoms with Crippen LogP contribution in [-0.4, -0.2) is 0 Å². The van der Waals surface area contributed by atoms with E-state index >= 15 is 0 Å². The maximum atomic E-state index is 6.47. The van der Waals surface area contributed by atoms with E-state index in [4.69, 9.17) is 4.42 Å². The third kappa shape index (κ3) is 2.19. The van der Waals surface area contributed by atoms with Crippen LogP contribution < -0.4 is 0 Å². The SMILES string of the molecule is Ic1cccc2c1oc1c(C3CCCCC3)cc3ccccc3c12. The summed E-state index contributed by atoms with van der Waals surface area (Å²) in [5, 5.41) is 5.22. The zero-order valence-corrected chi connectivity index (χ0v) is 15.7. The number of para-hydroxylation sites is 1. The van der Waals surface area contributed by atoms with E-state index in [0.29, 0.717) is 5.92 Å². The molecule has 0 unspecified atom stereocenters. The van der Waals surface area contributed by atoms with E-state index in [1.165, 1.54) is 62.8 Å². The first-order chi connectivity index (χ1) is 11.8. The summed E-state index contributed by atoms with van der Waals surface area (Å²) < 4.78 is 7.66. The van der Waals surface area contributed by atoms with Gasteiger partial charge in [0.25, 0.3) is 0 Å². The lowest BCUT2D eigenvalue weighted by molar-refractivity contribution is 0.442. The van der Waals surface area contributed by atoms with Gasteiger partial charge in [-0.2, -0.15) is 0 Å². The summed E-state index contributed by atoms with van der Waals surface area (Å²) in [7, 11) is 0. The quantitative estimate of drug-likeness (QED) is 0.289. The van der Waals surface area contributed by atoms with Crippen molar-refractivity contribution in [2.75, 3.05) is 0 Å². The maximum Gasteiger partial charge on any atom is 0.148 e. The molecule has 1 fully saturated rings. The van der Waals surface area contributed by atoms with Gasteiger partial charge in [-0.25, -0.2) is 0 Å². The Balaban J connectivity index is 1.94. The van der Waals surface area contributed by atoms with Gasteiger partial charge in [-0.05, 0) is 69.8 Å². The minimum atomic E-state index is 0.643. The second kappa shape index (κ2) is 5.76. The van der Waals surface area contributed by atoms with E-state index in [-0.39, 0.29) is 0 Å². The van der Waals surface area contributed by atoms with Crippen molar-refractivity contribution in [1.29, 1.82) is 0 Å². The number of rotatable bonds is 1. The molecule has 1 nitrogen and oxygen atoms in total. The van der Waals surface area contributed by atoms with Crippen LogP contribution in [0.3, 0.4) is 0 Å². The van der Waals surface area contributed by atoms with Crippen molar-refractivity contribution in [2.45, 2.75) is 38.0 Å². The first-order valence-electron chi connectivity index (χ1n) is 8.85. The lowest BCUT2D eigenvalue weighted by Crippen LogP contribution is -2.04. The van der Waals surface area contributed by atoms with E-state index in [9.17, 15) is 0 Å². The van der Waals surface area contributed by atoms with Crippen molar-refractivity contribution < 1.29 is 4.42 Å². The fourth-order valence-corrected chi connectivity index (χ4v) is 4.96. The average Bonchev–Trinajstić information content (AvgIpc) is 3.03. The molecule has 2 heteroatoms. The normalized spacial score (nSPS) is 16.4. The highest BCUT2D eigenvalue weighted by atomic mass is 127. The smallest absolute Gasteiger partial charge is 0.148 e. The third-order valence-electron chi connectivity index (χ3n) is 5.52. The van der Waals surface area contributed by atoms with E-state index < -0.39 is 0 Å². The summed E-state index contributed by atoms with van der Waals surface area (Å²) in [4.78, 5) is 0. The van der Waals surface area contributed by atoms with Crippen molar-refractivity contribution in [1.82, 2.24) is 0 Å². The Kier molecular flexibility index (Phi) is 3.55. The van der Waals surface area contributed by atoms with Crippen LogP contribution in [0.15, 0.2) is 52.9 Å². The molecule has 0 atom stereocenters. The molecular formula is C22H19IO. The molecule has 1 heterocycles. The maximum absolute atomic E-state index is 6.47. The lowest BCUT2D eigenvalue weighted by atomic mass is 9.82. The number of halogens is 1. The summed E-state index contributed by atoms with van der Waals surface area (Å²) in [6.07, 6.45) is 6.65. The minimum absolute atomic E-state index is 0.643. The largest absolute Gasteiger partial charge is 0.455 e. The van der Waals surface area contributed by atoms with Gasteiger partial charge >= 0.3 is 0 Å². The molecule has 0 N–H and O–H groups in total. The number of hydrogen-bond acceptors (Lipinski definition) is 1.